The number of pyridine rings is 1. The van der Waals surface area contributed by atoms with Gasteiger partial charge in [0.1, 0.15) is 0 Å². The summed E-state index contributed by atoms with van der Waals surface area (Å²) < 4.78 is 0. The number of hydrogen-bond acceptors (Lipinski definition) is 4. The smallest absolute Gasteiger partial charge is 0.337 e. The normalized spacial score (nSPS) is 11.2. The minimum absolute atomic E-state index is 0.231. The molecule has 5 heteroatoms. The van der Waals surface area contributed by atoms with Crippen molar-refractivity contribution < 1.29 is 9.90 Å². The van der Waals surface area contributed by atoms with Gasteiger partial charge in [-0.2, -0.15) is 0 Å². The highest BCUT2D eigenvalue weighted by atomic mass is 16.4. The lowest BCUT2D eigenvalue weighted by Crippen LogP contribution is -2.23. The molecule has 0 radical (unpaired) electrons. The third-order valence-corrected chi connectivity index (χ3v) is 2.65. The maximum absolute atomic E-state index is 10.7. The van der Waals surface area contributed by atoms with Crippen LogP contribution < -0.4 is 0 Å². The zero-order valence-electron chi connectivity index (χ0n) is 11.3. The number of carboxylic acid groups (broad SMARTS) is 1. The molecule has 1 N–H and O–H groups in total. The van der Waals surface area contributed by atoms with Gasteiger partial charge in [0.05, 0.1) is 11.3 Å². The molecule has 1 heterocycles. The minimum Gasteiger partial charge on any atom is -0.478 e. The molecule has 0 bridgehead atoms. The van der Waals surface area contributed by atoms with E-state index in [1.807, 2.05) is 7.05 Å². The Morgan fingerprint density at radius 2 is 2.00 bits per heavy atom. The molecule has 5 nitrogen and oxygen atoms in total. The SMILES string of the molecule is CN(C)CCCN(C)Cc1ccc(C(=O)O)cn1. The lowest BCUT2D eigenvalue weighted by atomic mass is 10.2. The first-order chi connectivity index (χ1) is 8.49. The van der Waals surface area contributed by atoms with Crippen LogP contribution in [0.3, 0.4) is 0 Å². The van der Waals surface area contributed by atoms with E-state index in [1.165, 1.54) is 6.20 Å². The number of aromatic carboxylic acids is 1. The van der Waals surface area contributed by atoms with E-state index in [-0.39, 0.29) is 5.56 Å². The second-order valence-electron chi connectivity index (χ2n) is 4.74. The highest BCUT2D eigenvalue weighted by Gasteiger charge is 2.05. The van der Waals surface area contributed by atoms with Crippen molar-refractivity contribution in [2.75, 3.05) is 34.2 Å². The molecule has 0 atom stereocenters. The summed E-state index contributed by atoms with van der Waals surface area (Å²) >= 11 is 0. The van der Waals surface area contributed by atoms with Crippen LogP contribution in [0.5, 0.6) is 0 Å². The second kappa shape index (κ2) is 7.08. The highest BCUT2D eigenvalue weighted by Crippen LogP contribution is 2.03. The van der Waals surface area contributed by atoms with Crippen molar-refractivity contribution in [2.24, 2.45) is 0 Å². The maximum Gasteiger partial charge on any atom is 0.337 e. The summed E-state index contributed by atoms with van der Waals surface area (Å²) in [6.07, 6.45) is 2.52. The van der Waals surface area contributed by atoms with Crippen molar-refractivity contribution in [1.82, 2.24) is 14.8 Å². The summed E-state index contributed by atoms with van der Waals surface area (Å²) in [6, 6.07) is 3.37. The summed E-state index contributed by atoms with van der Waals surface area (Å²) in [5, 5.41) is 8.77. The van der Waals surface area contributed by atoms with Crippen LogP contribution >= 0.6 is 0 Å². The average Bonchev–Trinajstić information content (AvgIpc) is 2.29. The Hall–Kier alpha value is -1.46. The molecule has 1 aromatic heterocycles. The highest BCUT2D eigenvalue weighted by molar-refractivity contribution is 5.87. The summed E-state index contributed by atoms with van der Waals surface area (Å²) in [5.74, 6) is -0.937. The number of rotatable bonds is 7. The summed E-state index contributed by atoms with van der Waals surface area (Å²) in [7, 11) is 6.17. The zero-order valence-corrected chi connectivity index (χ0v) is 11.3. The van der Waals surface area contributed by atoms with Gasteiger partial charge in [0.15, 0.2) is 0 Å². The predicted molar refractivity (Wildman–Crippen MR) is 70.7 cm³/mol. The fourth-order valence-electron chi connectivity index (χ4n) is 1.66. The fourth-order valence-corrected chi connectivity index (χ4v) is 1.66. The summed E-state index contributed by atoms with van der Waals surface area (Å²) in [4.78, 5) is 19.2. The number of carbonyl (C=O) groups is 1. The molecule has 0 spiro atoms. The molecule has 100 valence electrons. The van der Waals surface area contributed by atoms with E-state index in [1.54, 1.807) is 12.1 Å². The van der Waals surface area contributed by atoms with Crippen molar-refractivity contribution in [3.63, 3.8) is 0 Å². The lowest BCUT2D eigenvalue weighted by molar-refractivity contribution is 0.0696. The molecule has 0 unspecified atom stereocenters. The fraction of sp³-hybridized carbons (Fsp3) is 0.538. The summed E-state index contributed by atoms with van der Waals surface area (Å²) in [5.41, 5.74) is 1.13. The van der Waals surface area contributed by atoms with Crippen LogP contribution in [0.25, 0.3) is 0 Å². The molecule has 0 saturated heterocycles. The second-order valence-corrected chi connectivity index (χ2v) is 4.74. The number of aromatic nitrogens is 1. The van der Waals surface area contributed by atoms with E-state index in [2.05, 4.69) is 28.9 Å². The molecule has 0 aliphatic carbocycles. The maximum atomic E-state index is 10.7. The van der Waals surface area contributed by atoms with Crippen LogP contribution in [0.4, 0.5) is 0 Å². The molecule has 1 aromatic rings. The van der Waals surface area contributed by atoms with Crippen molar-refractivity contribution in [1.29, 1.82) is 0 Å². The van der Waals surface area contributed by atoms with E-state index in [0.29, 0.717) is 0 Å². The van der Waals surface area contributed by atoms with Gasteiger partial charge in [0.2, 0.25) is 0 Å². The van der Waals surface area contributed by atoms with Gasteiger partial charge in [-0.3, -0.25) is 4.98 Å². The van der Waals surface area contributed by atoms with E-state index in [0.717, 1.165) is 31.7 Å². The van der Waals surface area contributed by atoms with Gasteiger partial charge < -0.3 is 14.9 Å². The van der Waals surface area contributed by atoms with Crippen LogP contribution in [0.2, 0.25) is 0 Å². The molecular formula is C13H21N3O2. The number of carboxylic acids is 1. The van der Waals surface area contributed by atoms with Crippen LogP contribution in [0.15, 0.2) is 18.3 Å². The first kappa shape index (κ1) is 14.6. The van der Waals surface area contributed by atoms with Crippen molar-refractivity contribution in [3.8, 4) is 0 Å². The number of hydrogen-bond donors (Lipinski definition) is 1. The molecule has 18 heavy (non-hydrogen) atoms. The Morgan fingerprint density at radius 1 is 1.28 bits per heavy atom. The van der Waals surface area contributed by atoms with Crippen LogP contribution in [0.1, 0.15) is 22.5 Å². The molecular weight excluding hydrogens is 230 g/mol. The average molecular weight is 251 g/mol. The quantitative estimate of drug-likeness (QED) is 0.788. The van der Waals surface area contributed by atoms with E-state index < -0.39 is 5.97 Å². The molecule has 0 aliphatic rings. The molecule has 0 aliphatic heterocycles. The first-order valence-corrected chi connectivity index (χ1v) is 6.00. The van der Waals surface area contributed by atoms with Crippen LogP contribution in [-0.2, 0) is 6.54 Å². The molecule has 0 aromatic carbocycles. The van der Waals surface area contributed by atoms with Gasteiger partial charge in [0.25, 0.3) is 0 Å². The minimum atomic E-state index is -0.937. The van der Waals surface area contributed by atoms with Gasteiger partial charge in [-0.1, -0.05) is 0 Å². The van der Waals surface area contributed by atoms with Gasteiger partial charge in [-0.15, -0.1) is 0 Å². The molecule has 0 saturated carbocycles. The topological polar surface area (TPSA) is 56.7 Å². The third-order valence-electron chi connectivity index (χ3n) is 2.65. The van der Waals surface area contributed by atoms with Crippen molar-refractivity contribution in [3.05, 3.63) is 29.6 Å². The first-order valence-electron chi connectivity index (χ1n) is 6.00. The Labute approximate surface area is 108 Å². The Balaban J connectivity index is 2.39. The lowest BCUT2D eigenvalue weighted by Gasteiger charge is -2.17. The van der Waals surface area contributed by atoms with Crippen LogP contribution in [0, 0.1) is 0 Å². The van der Waals surface area contributed by atoms with Gasteiger partial charge in [-0.25, -0.2) is 4.79 Å². The van der Waals surface area contributed by atoms with Gasteiger partial charge in [-0.05, 0) is 52.8 Å². The standard InChI is InChI=1S/C13H21N3O2/c1-15(2)7-4-8-16(3)10-12-6-5-11(9-14-12)13(17)18/h5-6,9H,4,7-8,10H2,1-3H3,(H,17,18). The zero-order chi connectivity index (χ0) is 13.5. The van der Waals surface area contributed by atoms with Gasteiger partial charge in [0, 0.05) is 12.7 Å². The van der Waals surface area contributed by atoms with E-state index in [4.69, 9.17) is 5.11 Å². The molecule has 0 fully saturated rings. The van der Waals surface area contributed by atoms with Crippen molar-refractivity contribution >= 4 is 5.97 Å². The van der Waals surface area contributed by atoms with E-state index >= 15 is 0 Å². The Bertz CT molecular complexity index is 376. The van der Waals surface area contributed by atoms with Gasteiger partial charge >= 0.3 is 5.97 Å². The molecule has 1 rings (SSSR count). The Morgan fingerprint density at radius 3 is 2.50 bits per heavy atom. The van der Waals surface area contributed by atoms with E-state index in [9.17, 15) is 4.79 Å². The van der Waals surface area contributed by atoms with Crippen LogP contribution in [-0.4, -0.2) is 60.1 Å². The predicted octanol–water partition coefficient (Wildman–Crippen LogP) is 1.16. The number of nitrogens with zero attached hydrogens (tertiary/aromatic N) is 3. The van der Waals surface area contributed by atoms with Crippen molar-refractivity contribution in [2.45, 2.75) is 13.0 Å². The molecule has 0 amide bonds. The largest absolute Gasteiger partial charge is 0.478 e. The summed E-state index contributed by atoms with van der Waals surface area (Å²) in [6.45, 7) is 2.81. The monoisotopic (exact) mass is 251 g/mol. The Kier molecular flexibility index (Phi) is 5.74. The third kappa shape index (κ3) is 5.25.